The number of nitrogens with two attached hydrogens (primary N) is 1. The molecule has 0 aliphatic rings. The minimum atomic E-state index is 0.0890. The first kappa shape index (κ1) is 13.4. The molecular weight excluding hydrogens is 176 g/mol. The van der Waals surface area contributed by atoms with Crippen LogP contribution >= 0.6 is 0 Å². The summed E-state index contributed by atoms with van der Waals surface area (Å²) in [6.07, 6.45) is 1.55. The molecule has 0 aromatic heterocycles. The van der Waals surface area contributed by atoms with Crippen LogP contribution in [-0.4, -0.2) is 18.5 Å². The fourth-order valence-electron chi connectivity index (χ4n) is 1.38. The highest BCUT2D eigenvalue weighted by molar-refractivity contribution is 5.76. The van der Waals surface area contributed by atoms with E-state index in [1.54, 1.807) is 0 Å². The predicted octanol–water partition coefficient (Wildman–Crippen LogP) is 1.52. The van der Waals surface area contributed by atoms with Gasteiger partial charge in [0.15, 0.2) is 0 Å². The van der Waals surface area contributed by atoms with Gasteiger partial charge in [-0.3, -0.25) is 4.79 Å². The Bertz CT molecular complexity index is 167. The van der Waals surface area contributed by atoms with Crippen molar-refractivity contribution in [3.8, 4) is 0 Å². The molecule has 0 saturated carbocycles. The van der Waals surface area contributed by atoms with Crippen molar-refractivity contribution in [2.45, 2.75) is 46.6 Å². The molecule has 0 bridgehead atoms. The average Bonchev–Trinajstić information content (AvgIpc) is 1.98. The lowest BCUT2D eigenvalue weighted by Crippen LogP contribution is -2.38. The highest BCUT2D eigenvalue weighted by atomic mass is 16.1. The fourth-order valence-corrected chi connectivity index (χ4v) is 1.38. The van der Waals surface area contributed by atoms with Crippen molar-refractivity contribution in [3.63, 3.8) is 0 Å². The second-order valence-corrected chi connectivity index (χ2v) is 4.79. The average molecular weight is 200 g/mol. The van der Waals surface area contributed by atoms with Crippen LogP contribution in [0.15, 0.2) is 0 Å². The van der Waals surface area contributed by atoms with Crippen LogP contribution in [0.25, 0.3) is 0 Å². The first-order valence-electron chi connectivity index (χ1n) is 5.44. The zero-order valence-electron chi connectivity index (χ0n) is 9.84. The number of hydrogen-bond donors (Lipinski definition) is 2. The van der Waals surface area contributed by atoms with Gasteiger partial charge in [-0.1, -0.05) is 27.7 Å². The Hall–Kier alpha value is -0.570. The van der Waals surface area contributed by atoms with Crippen molar-refractivity contribution in [1.82, 2.24) is 5.32 Å². The van der Waals surface area contributed by atoms with E-state index in [1.165, 1.54) is 0 Å². The molecule has 3 N–H and O–H groups in total. The van der Waals surface area contributed by atoms with Crippen molar-refractivity contribution in [2.24, 2.45) is 17.6 Å². The molecule has 3 nitrogen and oxygen atoms in total. The van der Waals surface area contributed by atoms with E-state index >= 15 is 0 Å². The van der Waals surface area contributed by atoms with Crippen LogP contribution in [0.5, 0.6) is 0 Å². The van der Waals surface area contributed by atoms with E-state index < -0.39 is 0 Å². The summed E-state index contributed by atoms with van der Waals surface area (Å²) < 4.78 is 0. The van der Waals surface area contributed by atoms with Crippen LogP contribution in [0.1, 0.15) is 40.5 Å². The van der Waals surface area contributed by atoms with Gasteiger partial charge in [0.05, 0.1) is 0 Å². The monoisotopic (exact) mass is 200 g/mol. The largest absolute Gasteiger partial charge is 0.355 e. The summed E-state index contributed by atoms with van der Waals surface area (Å²) in [6.45, 7) is 8.94. The van der Waals surface area contributed by atoms with Gasteiger partial charge in [-0.25, -0.2) is 0 Å². The summed E-state index contributed by atoms with van der Waals surface area (Å²) in [5.74, 6) is 1.11. The maximum absolute atomic E-state index is 11.3. The molecule has 0 heterocycles. The Kier molecular flexibility index (Phi) is 6.54. The van der Waals surface area contributed by atoms with Crippen LogP contribution in [0.2, 0.25) is 0 Å². The van der Waals surface area contributed by atoms with Crippen molar-refractivity contribution in [3.05, 3.63) is 0 Å². The molecular formula is C11H24N2O. The van der Waals surface area contributed by atoms with E-state index in [9.17, 15) is 4.79 Å². The molecule has 84 valence electrons. The number of amides is 1. The molecule has 14 heavy (non-hydrogen) atoms. The third kappa shape index (κ3) is 8.05. The SMILES string of the molecule is CC(C)CC(=O)NCC(N)CC(C)C. The van der Waals surface area contributed by atoms with Crippen LogP contribution < -0.4 is 11.1 Å². The summed E-state index contributed by atoms with van der Waals surface area (Å²) in [4.78, 5) is 11.3. The lowest BCUT2D eigenvalue weighted by molar-refractivity contribution is -0.121. The number of carbonyl (C=O) groups excluding carboxylic acids is 1. The first-order valence-corrected chi connectivity index (χ1v) is 5.44. The minimum Gasteiger partial charge on any atom is -0.355 e. The molecule has 0 aromatic rings. The fraction of sp³-hybridized carbons (Fsp3) is 0.909. The molecule has 0 saturated heterocycles. The topological polar surface area (TPSA) is 55.1 Å². The summed E-state index contributed by atoms with van der Waals surface area (Å²) in [5.41, 5.74) is 5.84. The molecule has 1 atom stereocenters. The van der Waals surface area contributed by atoms with Gasteiger partial charge in [0.2, 0.25) is 5.91 Å². The van der Waals surface area contributed by atoms with E-state index in [0.29, 0.717) is 24.8 Å². The Morgan fingerprint density at radius 2 is 1.79 bits per heavy atom. The Labute approximate surface area is 87.4 Å². The lowest BCUT2D eigenvalue weighted by atomic mass is 10.0. The lowest BCUT2D eigenvalue weighted by Gasteiger charge is -2.15. The third-order valence-corrected chi connectivity index (χ3v) is 1.93. The van der Waals surface area contributed by atoms with Crippen LogP contribution in [-0.2, 0) is 4.79 Å². The second-order valence-electron chi connectivity index (χ2n) is 4.79. The van der Waals surface area contributed by atoms with Gasteiger partial charge < -0.3 is 11.1 Å². The summed E-state index contributed by atoms with van der Waals surface area (Å²) in [6, 6.07) is 0.0890. The van der Waals surface area contributed by atoms with Gasteiger partial charge in [0, 0.05) is 19.0 Å². The van der Waals surface area contributed by atoms with Crippen LogP contribution in [0.3, 0.4) is 0 Å². The maximum Gasteiger partial charge on any atom is 0.220 e. The molecule has 3 heteroatoms. The van der Waals surface area contributed by atoms with Crippen molar-refractivity contribution in [1.29, 1.82) is 0 Å². The normalized spacial score (nSPS) is 13.4. The molecule has 0 radical (unpaired) electrons. The minimum absolute atomic E-state index is 0.0890. The highest BCUT2D eigenvalue weighted by Crippen LogP contribution is 2.02. The van der Waals surface area contributed by atoms with Gasteiger partial charge in [-0.05, 0) is 18.3 Å². The highest BCUT2D eigenvalue weighted by Gasteiger charge is 2.08. The molecule has 1 unspecified atom stereocenters. The number of rotatable bonds is 6. The smallest absolute Gasteiger partial charge is 0.220 e. The summed E-state index contributed by atoms with van der Waals surface area (Å²) in [7, 11) is 0. The molecule has 1 amide bonds. The first-order chi connectivity index (χ1) is 6.41. The van der Waals surface area contributed by atoms with Crippen molar-refractivity contribution in [2.75, 3.05) is 6.54 Å². The number of carbonyl (C=O) groups is 1. The van der Waals surface area contributed by atoms with Gasteiger partial charge in [0.1, 0.15) is 0 Å². The van der Waals surface area contributed by atoms with Gasteiger partial charge in [-0.15, -0.1) is 0 Å². The zero-order chi connectivity index (χ0) is 11.1. The quantitative estimate of drug-likeness (QED) is 0.683. The molecule has 0 spiro atoms. The van der Waals surface area contributed by atoms with Crippen LogP contribution in [0.4, 0.5) is 0 Å². The third-order valence-electron chi connectivity index (χ3n) is 1.93. The maximum atomic E-state index is 11.3. The zero-order valence-corrected chi connectivity index (χ0v) is 9.84. The van der Waals surface area contributed by atoms with Gasteiger partial charge >= 0.3 is 0 Å². The Balaban J connectivity index is 3.56. The predicted molar refractivity (Wildman–Crippen MR) is 59.9 cm³/mol. The molecule has 0 fully saturated rings. The van der Waals surface area contributed by atoms with E-state index in [0.717, 1.165) is 6.42 Å². The van der Waals surface area contributed by atoms with Crippen molar-refractivity contribution >= 4 is 5.91 Å². The standard InChI is InChI=1S/C11H24N2O/c1-8(2)5-10(12)7-13-11(14)6-9(3)4/h8-10H,5-7,12H2,1-4H3,(H,13,14). The van der Waals surface area contributed by atoms with E-state index in [1.807, 2.05) is 13.8 Å². The second kappa shape index (κ2) is 6.82. The van der Waals surface area contributed by atoms with Gasteiger partial charge in [0.25, 0.3) is 0 Å². The molecule has 0 rings (SSSR count). The van der Waals surface area contributed by atoms with E-state index in [2.05, 4.69) is 19.2 Å². The van der Waals surface area contributed by atoms with Gasteiger partial charge in [-0.2, -0.15) is 0 Å². The number of hydrogen-bond acceptors (Lipinski definition) is 2. The molecule has 0 aromatic carbocycles. The van der Waals surface area contributed by atoms with Crippen molar-refractivity contribution < 1.29 is 4.79 Å². The Morgan fingerprint density at radius 3 is 2.21 bits per heavy atom. The molecule has 0 aliphatic carbocycles. The summed E-state index contributed by atoms with van der Waals surface area (Å²) in [5, 5.41) is 2.86. The van der Waals surface area contributed by atoms with Crippen LogP contribution in [0, 0.1) is 11.8 Å². The summed E-state index contributed by atoms with van der Waals surface area (Å²) >= 11 is 0. The van der Waals surface area contributed by atoms with E-state index in [-0.39, 0.29) is 11.9 Å². The Morgan fingerprint density at radius 1 is 1.21 bits per heavy atom. The number of nitrogens with one attached hydrogen (secondary N) is 1. The van der Waals surface area contributed by atoms with E-state index in [4.69, 9.17) is 5.73 Å². The molecule has 0 aliphatic heterocycles.